The van der Waals surface area contributed by atoms with Crippen LogP contribution in [-0.2, 0) is 6.54 Å². The van der Waals surface area contributed by atoms with E-state index in [0.717, 1.165) is 12.3 Å². The van der Waals surface area contributed by atoms with Crippen LogP contribution in [0.4, 0.5) is 0 Å². The summed E-state index contributed by atoms with van der Waals surface area (Å²) in [5.74, 6) is 1.15. The molecule has 0 saturated carbocycles. The molecule has 2 nitrogen and oxygen atoms in total. The Morgan fingerprint density at radius 1 is 0.880 bits per heavy atom. The molecule has 2 heteroatoms. The Bertz CT molecular complexity index is 1060. The van der Waals surface area contributed by atoms with Crippen LogP contribution in [0.1, 0.15) is 28.3 Å². The van der Waals surface area contributed by atoms with Gasteiger partial charge in [-0.2, -0.15) is 0 Å². The molecule has 0 N–H and O–H groups in total. The van der Waals surface area contributed by atoms with E-state index in [1.54, 1.807) is 7.11 Å². The van der Waals surface area contributed by atoms with Crippen molar-refractivity contribution in [1.82, 2.24) is 4.57 Å². The summed E-state index contributed by atoms with van der Waals surface area (Å²) in [6, 6.07) is 28.3. The van der Waals surface area contributed by atoms with Gasteiger partial charge in [-0.05, 0) is 46.3 Å². The highest BCUT2D eigenvalue weighted by molar-refractivity contribution is 5.82. The first-order valence-corrected chi connectivity index (χ1v) is 8.65. The Morgan fingerprint density at radius 2 is 1.64 bits per heavy atom. The van der Waals surface area contributed by atoms with Gasteiger partial charge in [0, 0.05) is 23.7 Å². The minimum absolute atomic E-state index is 0.253. The zero-order valence-electron chi connectivity index (χ0n) is 14.1. The van der Waals surface area contributed by atoms with Gasteiger partial charge in [-0.1, -0.05) is 54.6 Å². The monoisotopic (exact) mass is 325 g/mol. The molecule has 0 bridgehead atoms. The van der Waals surface area contributed by atoms with Gasteiger partial charge in [0.25, 0.3) is 0 Å². The number of fused-ring (bicyclic) bond motifs is 4. The zero-order chi connectivity index (χ0) is 16.8. The predicted molar refractivity (Wildman–Crippen MR) is 101 cm³/mol. The van der Waals surface area contributed by atoms with Gasteiger partial charge in [-0.25, -0.2) is 0 Å². The molecule has 0 aliphatic carbocycles. The van der Waals surface area contributed by atoms with E-state index in [9.17, 15) is 0 Å². The van der Waals surface area contributed by atoms with Crippen LogP contribution in [0.15, 0.2) is 78.9 Å². The normalized spacial score (nSPS) is 15.6. The average molecular weight is 325 g/mol. The number of para-hydroxylation sites is 1. The Morgan fingerprint density at radius 3 is 2.48 bits per heavy atom. The first kappa shape index (κ1) is 14.4. The largest absolute Gasteiger partial charge is 0.497 e. The van der Waals surface area contributed by atoms with E-state index in [2.05, 4.69) is 83.4 Å². The standard InChI is InChI=1S/C23H19NO/c1-25-19-12-10-16(11-13-19)23-20-8-4-2-7-18(20)15-24-21-9-5-3-6-17(21)14-22(23)24/h2-14,23H,15H2,1H3. The summed E-state index contributed by atoms with van der Waals surface area (Å²) in [4.78, 5) is 0. The summed E-state index contributed by atoms with van der Waals surface area (Å²) < 4.78 is 7.80. The third-order valence-corrected chi connectivity index (χ3v) is 5.28. The smallest absolute Gasteiger partial charge is 0.118 e. The minimum Gasteiger partial charge on any atom is -0.497 e. The quantitative estimate of drug-likeness (QED) is 0.435. The van der Waals surface area contributed by atoms with Crippen LogP contribution in [0.25, 0.3) is 10.9 Å². The summed E-state index contributed by atoms with van der Waals surface area (Å²) >= 11 is 0. The van der Waals surface area contributed by atoms with Crippen molar-refractivity contribution in [2.75, 3.05) is 7.11 Å². The molecule has 0 fully saturated rings. The van der Waals surface area contributed by atoms with E-state index in [1.165, 1.54) is 33.3 Å². The van der Waals surface area contributed by atoms with Crippen molar-refractivity contribution < 1.29 is 4.74 Å². The third kappa shape index (κ3) is 2.18. The summed E-state index contributed by atoms with van der Waals surface area (Å²) in [7, 11) is 1.71. The van der Waals surface area contributed by atoms with E-state index in [0.29, 0.717) is 0 Å². The summed E-state index contributed by atoms with van der Waals surface area (Å²) in [5.41, 5.74) is 6.78. The predicted octanol–water partition coefficient (Wildman–Crippen LogP) is 5.19. The van der Waals surface area contributed by atoms with Crippen molar-refractivity contribution in [3.05, 3.63) is 101 Å². The topological polar surface area (TPSA) is 14.2 Å². The molecule has 1 aromatic heterocycles. The fraction of sp³-hybridized carbons (Fsp3) is 0.130. The molecule has 5 rings (SSSR count). The highest BCUT2D eigenvalue weighted by Crippen LogP contribution is 2.41. The first-order chi connectivity index (χ1) is 12.3. The van der Waals surface area contributed by atoms with Gasteiger partial charge in [0.05, 0.1) is 7.11 Å². The van der Waals surface area contributed by atoms with Crippen molar-refractivity contribution in [3.63, 3.8) is 0 Å². The summed E-state index contributed by atoms with van der Waals surface area (Å²) in [6.07, 6.45) is 0. The van der Waals surface area contributed by atoms with Crippen LogP contribution >= 0.6 is 0 Å². The number of methoxy groups -OCH3 is 1. The zero-order valence-corrected chi connectivity index (χ0v) is 14.1. The second kappa shape index (κ2) is 5.52. The van der Waals surface area contributed by atoms with E-state index >= 15 is 0 Å². The van der Waals surface area contributed by atoms with Crippen molar-refractivity contribution in [1.29, 1.82) is 0 Å². The molecule has 1 atom stereocenters. The highest BCUT2D eigenvalue weighted by Gasteiger charge is 2.28. The lowest BCUT2D eigenvalue weighted by atomic mass is 9.83. The van der Waals surface area contributed by atoms with Gasteiger partial charge in [0.2, 0.25) is 0 Å². The van der Waals surface area contributed by atoms with Gasteiger partial charge >= 0.3 is 0 Å². The molecule has 2 heterocycles. The molecule has 25 heavy (non-hydrogen) atoms. The van der Waals surface area contributed by atoms with Crippen molar-refractivity contribution in [2.24, 2.45) is 0 Å². The molecule has 1 unspecified atom stereocenters. The lowest BCUT2D eigenvalue weighted by Gasteiger charge is -2.29. The number of hydrogen-bond donors (Lipinski definition) is 0. The molecule has 3 aromatic carbocycles. The molecule has 122 valence electrons. The number of rotatable bonds is 2. The molecule has 1 aliphatic rings. The number of aromatic nitrogens is 1. The molecule has 0 spiro atoms. The van der Waals surface area contributed by atoms with Crippen LogP contribution < -0.4 is 4.74 Å². The van der Waals surface area contributed by atoms with Crippen molar-refractivity contribution in [2.45, 2.75) is 12.5 Å². The maximum absolute atomic E-state index is 5.34. The molecular weight excluding hydrogens is 306 g/mol. The Labute approximate surface area is 147 Å². The van der Waals surface area contributed by atoms with Crippen LogP contribution in [0.2, 0.25) is 0 Å². The highest BCUT2D eigenvalue weighted by atomic mass is 16.5. The van der Waals surface area contributed by atoms with Crippen molar-refractivity contribution in [3.8, 4) is 5.75 Å². The van der Waals surface area contributed by atoms with Crippen LogP contribution in [0.5, 0.6) is 5.75 Å². The van der Waals surface area contributed by atoms with E-state index in [-0.39, 0.29) is 5.92 Å². The van der Waals surface area contributed by atoms with Gasteiger partial charge < -0.3 is 9.30 Å². The minimum atomic E-state index is 0.253. The number of ether oxygens (including phenoxy) is 1. The lowest BCUT2D eigenvalue weighted by Crippen LogP contribution is -2.19. The Hall–Kier alpha value is -3.00. The van der Waals surface area contributed by atoms with E-state index in [4.69, 9.17) is 4.74 Å². The lowest BCUT2D eigenvalue weighted by molar-refractivity contribution is 0.414. The SMILES string of the molecule is COc1ccc(C2c3ccccc3Cn3c2cc2ccccc23)cc1. The molecule has 0 radical (unpaired) electrons. The third-order valence-electron chi connectivity index (χ3n) is 5.28. The van der Waals surface area contributed by atoms with Crippen LogP contribution in [0, 0.1) is 0 Å². The average Bonchev–Trinajstić information content (AvgIpc) is 3.04. The molecule has 0 amide bonds. The molecular formula is C23H19NO. The van der Waals surface area contributed by atoms with E-state index < -0.39 is 0 Å². The van der Waals surface area contributed by atoms with Crippen LogP contribution in [-0.4, -0.2) is 11.7 Å². The summed E-state index contributed by atoms with van der Waals surface area (Å²) in [6.45, 7) is 0.936. The Balaban J connectivity index is 1.77. The van der Waals surface area contributed by atoms with Crippen LogP contribution in [0.3, 0.4) is 0 Å². The van der Waals surface area contributed by atoms with Gasteiger partial charge in [-0.15, -0.1) is 0 Å². The van der Waals surface area contributed by atoms with Gasteiger partial charge in [0.15, 0.2) is 0 Å². The molecule has 1 aliphatic heterocycles. The first-order valence-electron chi connectivity index (χ1n) is 8.65. The van der Waals surface area contributed by atoms with E-state index in [1.807, 2.05) is 0 Å². The number of nitrogens with zero attached hydrogens (tertiary/aromatic N) is 1. The van der Waals surface area contributed by atoms with Gasteiger partial charge in [-0.3, -0.25) is 0 Å². The molecule has 0 saturated heterocycles. The fourth-order valence-electron chi connectivity index (χ4n) is 4.08. The maximum Gasteiger partial charge on any atom is 0.118 e. The fourth-order valence-corrected chi connectivity index (χ4v) is 4.08. The second-order valence-electron chi connectivity index (χ2n) is 6.62. The number of hydrogen-bond acceptors (Lipinski definition) is 1. The van der Waals surface area contributed by atoms with Gasteiger partial charge in [0.1, 0.15) is 5.75 Å². The summed E-state index contributed by atoms with van der Waals surface area (Å²) in [5, 5.41) is 1.31. The molecule has 4 aromatic rings. The van der Waals surface area contributed by atoms with Crippen molar-refractivity contribution >= 4 is 10.9 Å². The maximum atomic E-state index is 5.34. The second-order valence-corrected chi connectivity index (χ2v) is 6.62. The number of benzene rings is 3. The Kier molecular flexibility index (Phi) is 3.17.